The molecule has 1 N–H and O–H groups in total. The standard InChI is InChI=1S/C28H31FN2OS2/c29-22-16-17-24(33-20-11-3-1-4-12-20)25(27(22)34-21-13-5-2-6-14-21)28(32)31-23-15-7-9-19-10-8-18-30-26(19)23/h7-10,15-18,20-21H,1-6,11-14H2,(H,31,32). The molecule has 3 aromatic rings. The van der Waals surface area contributed by atoms with Crippen molar-refractivity contribution >= 4 is 46.0 Å². The van der Waals surface area contributed by atoms with Gasteiger partial charge in [-0.25, -0.2) is 4.39 Å². The molecule has 3 nitrogen and oxygen atoms in total. The molecule has 0 unspecified atom stereocenters. The zero-order chi connectivity index (χ0) is 23.3. The zero-order valence-corrected chi connectivity index (χ0v) is 21.0. The van der Waals surface area contributed by atoms with Crippen LogP contribution in [0.25, 0.3) is 10.9 Å². The molecular weight excluding hydrogens is 463 g/mol. The highest BCUT2D eigenvalue weighted by atomic mass is 32.2. The number of benzene rings is 2. The van der Waals surface area contributed by atoms with Crippen molar-refractivity contribution in [3.8, 4) is 0 Å². The minimum Gasteiger partial charge on any atom is -0.320 e. The van der Waals surface area contributed by atoms with Crippen molar-refractivity contribution in [2.75, 3.05) is 5.32 Å². The number of aromatic nitrogens is 1. The van der Waals surface area contributed by atoms with Crippen molar-refractivity contribution in [3.63, 3.8) is 0 Å². The third kappa shape index (κ3) is 5.44. The maximum Gasteiger partial charge on any atom is 0.258 e. The second kappa shape index (κ2) is 11.1. The lowest BCUT2D eigenvalue weighted by Gasteiger charge is -2.25. The number of amides is 1. The van der Waals surface area contributed by atoms with Crippen LogP contribution in [0.5, 0.6) is 0 Å². The van der Waals surface area contributed by atoms with E-state index in [1.54, 1.807) is 35.8 Å². The number of nitrogens with one attached hydrogen (secondary N) is 1. The summed E-state index contributed by atoms with van der Waals surface area (Å²) in [5.74, 6) is -0.529. The van der Waals surface area contributed by atoms with Crippen LogP contribution in [0.3, 0.4) is 0 Å². The lowest BCUT2D eigenvalue weighted by Crippen LogP contribution is -2.18. The fraction of sp³-hybridized carbons (Fsp3) is 0.429. The summed E-state index contributed by atoms with van der Waals surface area (Å²) < 4.78 is 15.3. The van der Waals surface area contributed by atoms with Gasteiger partial charge in [0.15, 0.2) is 0 Å². The van der Waals surface area contributed by atoms with Gasteiger partial charge in [-0.15, -0.1) is 23.5 Å². The van der Waals surface area contributed by atoms with Gasteiger partial charge in [0.2, 0.25) is 0 Å². The summed E-state index contributed by atoms with van der Waals surface area (Å²) in [6.07, 6.45) is 13.5. The van der Waals surface area contributed by atoms with Crippen LogP contribution in [0.1, 0.15) is 74.6 Å². The minimum atomic E-state index is -0.287. The van der Waals surface area contributed by atoms with Gasteiger partial charge in [0, 0.05) is 27.0 Å². The third-order valence-electron chi connectivity index (χ3n) is 6.86. The Hall–Kier alpha value is -2.05. The molecule has 34 heavy (non-hydrogen) atoms. The number of carbonyl (C=O) groups is 1. The first kappa shape index (κ1) is 23.7. The molecule has 0 spiro atoms. The Kier molecular flexibility index (Phi) is 7.75. The van der Waals surface area contributed by atoms with E-state index in [2.05, 4.69) is 10.3 Å². The van der Waals surface area contributed by atoms with Crippen LogP contribution < -0.4 is 5.32 Å². The number of nitrogens with zero attached hydrogens (tertiary/aromatic N) is 1. The Bertz CT molecular complexity index is 1150. The average Bonchev–Trinajstić information content (AvgIpc) is 2.87. The molecule has 6 heteroatoms. The van der Waals surface area contributed by atoms with Crippen molar-refractivity contribution in [3.05, 3.63) is 60.0 Å². The van der Waals surface area contributed by atoms with E-state index in [0.29, 0.717) is 26.6 Å². The molecule has 2 aliphatic rings. The lowest BCUT2D eigenvalue weighted by atomic mass is 10.0. The molecule has 5 rings (SSSR count). The number of hydrogen-bond acceptors (Lipinski definition) is 4. The van der Waals surface area contributed by atoms with Crippen LogP contribution in [0.4, 0.5) is 10.1 Å². The second-order valence-electron chi connectivity index (χ2n) is 9.34. The molecule has 0 atom stereocenters. The second-order valence-corrected chi connectivity index (χ2v) is 12.0. The van der Waals surface area contributed by atoms with E-state index in [0.717, 1.165) is 41.5 Å². The van der Waals surface area contributed by atoms with E-state index in [9.17, 15) is 4.79 Å². The molecule has 0 bridgehead atoms. The van der Waals surface area contributed by atoms with Crippen molar-refractivity contribution < 1.29 is 9.18 Å². The molecule has 1 aromatic heterocycles. The van der Waals surface area contributed by atoms with Crippen molar-refractivity contribution in [2.24, 2.45) is 0 Å². The van der Waals surface area contributed by atoms with Gasteiger partial charge in [-0.3, -0.25) is 9.78 Å². The number of anilines is 1. The summed E-state index contributed by atoms with van der Waals surface area (Å²) in [6.45, 7) is 0. The predicted molar refractivity (Wildman–Crippen MR) is 142 cm³/mol. The van der Waals surface area contributed by atoms with Crippen LogP contribution in [-0.2, 0) is 0 Å². The Labute approximate surface area is 209 Å². The highest BCUT2D eigenvalue weighted by molar-refractivity contribution is 8.00. The van der Waals surface area contributed by atoms with E-state index >= 15 is 4.39 Å². The number of fused-ring (bicyclic) bond motifs is 1. The molecule has 0 aliphatic heterocycles. The number of halogens is 1. The van der Waals surface area contributed by atoms with Gasteiger partial charge in [-0.1, -0.05) is 56.7 Å². The number of hydrogen-bond donors (Lipinski definition) is 1. The summed E-state index contributed by atoms with van der Waals surface area (Å²) in [7, 11) is 0. The molecule has 2 aliphatic carbocycles. The summed E-state index contributed by atoms with van der Waals surface area (Å²) in [6, 6.07) is 13.0. The van der Waals surface area contributed by atoms with E-state index in [1.807, 2.05) is 36.4 Å². The minimum absolute atomic E-state index is 0.241. The first-order valence-corrected chi connectivity index (χ1v) is 14.3. The maximum atomic E-state index is 15.3. The van der Waals surface area contributed by atoms with Gasteiger partial charge >= 0.3 is 0 Å². The average molecular weight is 495 g/mol. The Morgan fingerprint density at radius 3 is 2.26 bits per heavy atom. The van der Waals surface area contributed by atoms with E-state index in [1.165, 1.54) is 38.5 Å². The van der Waals surface area contributed by atoms with Crippen molar-refractivity contribution in [1.82, 2.24) is 4.98 Å². The molecule has 1 heterocycles. The number of thioether (sulfide) groups is 2. The largest absolute Gasteiger partial charge is 0.320 e. The van der Waals surface area contributed by atoms with Gasteiger partial charge in [0.1, 0.15) is 5.82 Å². The molecule has 0 radical (unpaired) electrons. The normalized spacial score (nSPS) is 17.7. The number of para-hydroxylation sites is 1. The molecule has 178 valence electrons. The Balaban J connectivity index is 1.51. The summed E-state index contributed by atoms with van der Waals surface area (Å²) in [4.78, 5) is 19.7. The quantitative estimate of drug-likeness (QED) is 0.373. The van der Waals surface area contributed by atoms with Gasteiger partial charge in [0.25, 0.3) is 5.91 Å². The van der Waals surface area contributed by atoms with Gasteiger partial charge in [-0.2, -0.15) is 0 Å². The molecule has 1 amide bonds. The lowest BCUT2D eigenvalue weighted by molar-refractivity contribution is 0.102. The zero-order valence-electron chi connectivity index (χ0n) is 19.4. The highest BCUT2D eigenvalue weighted by Gasteiger charge is 2.27. The van der Waals surface area contributed by atoms with Crippen LogP contribution in [0.2, 0.25) is 0 Å². The van der Waals surface area contributed by atoms with Crippen LogP contribution in [0, 0.1) is 5.82 Å². The Morgan fingerprint density at radius 1 is 0.853 bits per heavy atom. The highest BCUT2D eigenvalue weighted by Crippen LogP contribution is 2.43. The van der Waals surface area contributed by atoms with Crippen LogP contribution in [-0.4, -0.2) is 21.4 Å². The smallest absolute Gasteiger partial charge is 0.258 e. The first-order valence-electron chi connectivity index (χ1n) is 12.5. The van der Waals surface area contributed by atoms with Crippen LogP contribution in [0.15, 0.2) is 58.5 Å². The van der Waals surface area contributed by atoms with Gasteiger partial charge in [-0.05, 0) is 49.9 Å². The van der Waals surface area contributed by atoms with Crippen molar-refractivity contribution in [2.45, 2.75) is 84.5 Å². The number of rotatable bonds is 6. The fourth-order valence-electron chi connectivity index (χ4n) is 5.07. The Morgan fingerprint density at radius 2 is 1.53 bits per heavy atom. The van der Waals surface area contributed by atoms with Crippen molar-refractivity contribution in [1.29, 1.82) is 0 Å². The molecule has 0 saturated heterocycles. The molecule has 2 aromatic carbocycles. The molecular formula is C28H31FN2OS2. The number of carbonyl (C=O) groups excluding carboxylic acids is 1. The fourth-order valence-corrected chi connectivity index (χ4v) is 7.93. The third-order valence-corrected chi connectivity index (χ3v) is 9.70. The topological polar surface area (TPSA) is 42.0 Å². The number of pyridine rings is 1. The predicted octanol–water partition coefficient (Wildman–Crippen LogP) is 8.48. The summed E-state index contributed by atoms with van der Waals surface area (Å²) in [5, 5.41) is 4.90. The summed E-state index contributed by atoms with van der Waals surface area (Å²) in [5.41, 5.74) is 1.91. The van der Waals surface area contributed by atoms with E-state index in [-0.39, 0.29) is 11.7 Å². The maximum absolute atomic E-state index is 15.3. The first-order chi connectivity index (χ1) is 16.7. The van der Waals surface area contributed by atoms with E-state index in [4.69, 9.17) is 0 Å². The van der Waals surface area contributed by atoms with Gasteiger partial charge in [0.05, 0.1) is 21.7 Å². The molecule has 2 fully saturated rings. The monoisotopic (exact) mass is 494 g/mol. The molecule has 2 saturated carbocycles. The van der Waals surface area contributed by atoms with Gasteiger partial charge < -0.3 is 5.32 Å². The summed E-state index contributed by atoms with van der Waals surface area (Å²) >= 11 is 3.33. The SMILES string of the molecule is O=C(Nc1cccc2cccnc12)c1c(SC2CCCCC2)ccc(F)c1SC1CCCCC1. The van der Waals surface area contributed by atoms with E-state index < -0.39 is 0 Å². The van der Waals surface area contributed by atoms with Crippen LogP contribution >= 0.6 is 23.5 Å².